The summed E-state index contributed by atoms with van der Waals surface area (Å²) in [7, 11) is -3.51. The molecule has 3 aromatic carbocycles. The summed E-state index contributed by atoms with van der Waals surface area (Å²) in [4.78, 5) is 27.7. The average molecular weight is 536 g/mol. The van der Waals surface area contributed by atoms with Crippen molar-refractivity contribution in [1.82, 2.24) is 10.2 Å². The Labute approximate surface area is 223 Å². The third-order valence-electron chi connectivity index (χ3n) is 6.59. The molecule has 0 aromatic heterocycles. The molecule has 200 valence electrons. The Kier molecular flexibility index (Phi) is 9.28. The smallest absolute Gasteiger partial charge is 0.254 e. The van der Waals surface area contributed by atoms with Gasteiger partial charge in [-0.2, -0.15) is 0 Å². The van der Waals surface area contributed by atoms with Gasteiger partial charge in [-0.25, -0.2) is 8.42 Å². The van der Waals surface area contributed by atoms with E-state index >= 15 is 0 Å². The Morgan fingerprint density at radius 2 is 1.50 bits per heavy atom. The SMILES string of the molecule is N[C@@H](Cc1ccc(C(=O)N2CCOCC2)cc1)C(=O)N[C@@H](CCS(=O)(=O)c1ccccc1)c1ccccc1. The summed E-state index contributed by atoms with van der Waals surface area (Å²) in [6.45, 7) is 2.22. The van der Waals surface area contributed by atoms with Crippen LogP contribution in [0.3, 0.4) is 0 Å². The van der Waals surface area contributed by atoms with Crippen LogP contribution in [0.15, 0.2) is 89.8 Å². The van der Waals surface area contributed by atoms with Crippen molar-refractivity contribution < 1.29 is 22.7 Å². The maximum Gasteiger partial charge on any atom is 0.254 e. The van der Waals surface area contributed by atoms with Gasteiger partial charge in [-0.15, -0.1) is 0 Å². The summed E-state index contributed by atoms with van der Waals surface area (Å²) in [5.74, 6) is -0.535. The van der Waals surface area contributed by atoms with Crippen LogP contribution in [-0.2, 0) is 25.8 Å². The summed E-state index contributed by atoms with van der Waals surface area (Å²) in [5, 5.41) is 2.95. The highest BCUT2D eigenvalue weighted by atomic mass is 32.2. The molecule has 0 radical (unpaired) electrons. The zero-order valence-corrected chi connectivity index (χ0v) is 22.0. The number of rotatable bonds is 10. The fraction of sp³-hybridized carbons (Fsp3) is 0.310. The van der Waals surface area contributed by atoms with Crippen molar-refractivity contribution in [3.63, 3.8) is 0 Å². The molecule has 8 nitrogen and oxygen atoms in total. The van der Waals surface area contributed by atoms with Gasteiger partial charge in [0, 0.05) is 18.7 Å². The lowest BCUT2D eigenvalue weighted by atomic mass is 10.0. The van der Waals surface area contributed by atoms with E-state index in [1.165, 1.54) is 0 Å². The van der Waals surface area contributed by atoms with Gasteiger partial charge in [0.05, 0.1) is 35.9 Å². The van der Waals surface area contributed by atoms with E-state index in [0.29, 0.717) is 31.9 Å². The quantitative estimate of drug-likeness (QED) is 0.412. The van der Waals surface area contributed by atoms with Crippen molar-refractivity contribution in [3.05, 3.63) is 102 Å². The average Bonchev–Trinajstić information content (AvgIpc) is 2.96. The number of carbonyl (C=O) groups excluding carboxylic acids is 2. The van der Waals surface area contributed by atoms with E-state index in [9.17, 15) is 18.0 Å². The van der Waals surface area contributed by atoms with Crippen molar-refractivity contribution in [1.29, 1.82) is 0 Å². The largest absolute Gasteiger partial charge is 0.378 e. The number of sulfone groups is 1. The molecule has 3 N–H and O–H groups in total. The van der Waals surface area contributed by atoms with Crippen molar-refractivity contribution in [2.24, 2.45) is 5.73 Å². The Morgan fingerprint density at radius 1 is 0.895 bits per heavy atom. The molecule has 0 saturated carbocycles. The van der Waals surface area contributed by atoms with Crippen molar-refractivity contribution >= 4 is 21.7 Å². The van der Waals surface area contributed by atoms with Gasteiger partial charge >= 0.3 is 0 Å². The van der Waals surface area contributed by atoms with E-state index in [1.54, 1.807) is 47.4 Å². The Hall–Kier alpha value is -3.53. The van der Waals surface area contributed by atoms with Crippen LogP contribution in [0, 0.1) is 0 Å². The predicted octanol–water partition coefficient (Wildman–Crippen LogP) is 2.75. The first-order chi connectivity index (χ1) is 18.3. The zero-order chi connectivity index (χ0) is 27.0. The molecule has 1 saturated heterocycles. The molecular formula is C29H33N3O5S. The number of nitrogens with two attached hydrogens (primary N) is 1. The first-order valence-corrected chi connectivity index (χ1v) is 14.3. The fourth-order valence-corrected chi connectivity index (χ4v) is 5.74. The highest BCUT2D eigenvalue weighted by Crippen LogP contribution is 2.21. The van der Waals surface area contributed by atoms with E-state index in [0.717, 1.165) is 11.1 Å². The number of nitrogens with zero attached hydrogens (tertiary/aromatic N) is 1. The maximum atomic E-state index is 13.0. The molecular weight excluding hydrogens is 502 g/mol. The van der Waals surface area contributed by atoms with Crippen LogP contribution in [0.5, 0.6) is 0 Å². The predicted molar refractivity (Wildman–Crippen MR) is 145 cm³/mol. The van der Waals surface area contributed by atoms with E-state index in [2.05, 4.69) is 5.32 Å². The van der Waals surface area contributed by atoms with Crippen LogP contribution in [0.25, 0.3) is 0 Å². The molecule has 1 fully saturated rings. The summed E-state index contributed by atoms with van der Waals surface area (Å²) in [6, 6.07) is 23.3. The Balaban J connectivity index is 1.38. The Bertz CT molecular complexity index is 1310. The fourth-order valence-electron chi connectivity index (χ4n) is 4.38. The van der Waals surface area contributed by atoms with Crippen LogP contribution >= 0.6 is 0 Å². The second-order valence-electron chi connectivity index (χ2n) is 9.30. The van der Waals surface area contributed by atoms with Gasteiger partial charge in [0.15, 0.2) is 9.84 Å². The molecule has 3 aromatic rings. The van der Waals surface area contributed by atoms with Crippen molar-refractivity contribution in [2.75, 3.05) is 32.1 Å². The topological polar surface area (TPSA) is 119 Å². The standard InChI is InChI=1S/C29H33N3O5S/c30-26(21-22-11-13-24(14-12-22)29(34)32-16-18-37-19-17-32)28(33)31-27(23-7-3-1-4-8-23)15-20-38(35,36)25-9-5-2-6-10-25/h1-14,26-27H,15-21,30H2,(H,31,33)/t26-,27-/m0/s1. The summed E-state index contributed by atoms with van der Waals surface area (Å²) < 4.78 is 31.0. The van der Waals surface area contributed by atoms with Gasteiger partial charge in [0.1, 0.15) is 0 Å². The number of ether oxygens (including phenoxy) is 1. The molecule has 1 aliphatic rings. The van der Waals surface area contributed by atoms with Gasteiger partial charge in [-0.05, 0) is 48.2 Å². The van der Waals surface area contributed by atoms with Gasteiger partial charge in [0.2, 0.25) is 5.91 Å². The summed E-state index contributed by atoms with van der Waals surface area (Å²) >= 11 is 0. The van der Waals surface area contributed by atoms with Crippen LogP contribution < -0.4 is 11.1 Å². The molecule has 2 amide bonds. The lowest BCUT2D eigenvalue weighted by molar-refractivity contribution is -0.123. The molecule has 0 unspecified atom stereocenters. The van der Waals surface area contributed by atoms with Crippen LogP contribution in [-0.4, -0.2) is 63.2 Å². The molecule has 1 heterocycles. The number of hydrogen-bond acceptors (Lipinski definition) is 6. The van der Waals surface area contributed by atoms with Gasteiger partial charge < -0.3 is 20.7 Å². The lowest BCUT2D eigenvalue weighted by Crippen LogP contribution is -2.44. The monoisotopic (exact) mass is 535 g/mol. The van der Waals surface area contributed by atoms with Crippen LogP contribution in [0.2, 0.25) is 0 Å². The molecule has 38 heavy (non-hydrogen) atoms. The highest BCUT2D eigenvalue weighted by molar-refractivity contribution is 7.91. The van der Waals surface area contributed by atoms with Crippen molar-refractivity contribution in [3.8, 4) is 0 Å². The van der Waals surface area contributed by atoms with Crippen LogP contribution in [0.1, 0.15) is 33.9 Å². The lowest BCUT2D eigenvalue weighted by Gasteiger charge is -2.27. The van der Waals surface area contributed by atoms with E-state index in [-0.39, 0.29) is 35.3 Å². The normalized spacial score (nSPS) is 15.4. The third kappa shape index (κ3) is 7.28. The summed E-state index contributed by atoms with van der Waals surface area (Å²) in [5.41, 5.74) is 8.46. The second kappa shape index (κ2) is 12.8. The minimum Gasteiger partial charge on any atom is -0.378 e. The zero-order valence-electron chi connectivity index (χ0n) is 21.2. The number of hydrogen-bond donors (Lipinski definition) is 2. The van der Waals surface area contributed by atoms with E-state index < -0.39 is 21.9 Å². The molecule has 2 atom stereocenters. The number of benzene rings is 3. The molecule has 0 spiro atoms. The number of amides is 2. The molecule has 0 aliphatic carbocycles. The molecule has 0 bridgehead atoms. The number of nitrogens with one attached hydrogen (secondary N) is 1. The molecule has 1 aliphatic heterocycles. The third-order valence-corrected chi connectivity index (χ3v) is 8.35. The summed E-state index contributed by atoms with van der Waals surface area (Å²) in [6.07, 6.45) is 0.486. The maximum absolute atomic E-state index is 13.0. The first-order valence-electron chi connectivity index (χ1n) is 12.7. The van der Waals surface area contributed by atoms with Crippen molar-refractivity contribution in [2.45, 2.75) is 29.8 Å². The van der Waals surface area contributed by atoms with E-state index in [1.807, 2.05) is 42.5 Å². The van der Waals surface area contributed by atoms with Crippen LogP contribution in [0.4, 0.5) is 0 Å². The number of morpholine rings is 1. The van der Waals surface area contributed by atoms with Gasteiger partial charge in [0.25, 0.3) is 5.91 Å². The number of carbonyl (C=O) groups is 2. The van der Waals surface area contributed by atoms with Gasteiger partial charge in [-0.1, -0.05) is 60.7 Å². The Morgan fingerprint density at radius 3 is 2.13 bits per heavy atom. The minimum atomic E-state index is -3.51. The minimum absolute atomic E-state index is 0.0435. The second-order valence-corrected chi connectivity index (χ2v) is 11.4. The molecule has 4 rings (SSSR count). The van der Waals surface area contributed by atoms with E-state index in [4.69, 9.17) is 10.5 Å². The molecule has 9 heteroatoms. The highest BCUT2D eigenvalue weighted by Gasteiger charge is 2.23. The first kappa shape index (κ1) is 27.5. The van der Waals surface area contributed by atoms with Gasteiger partial charge in [-0.3, -0.25) is 9.59 Å².